The van der Waals surface area contributed by atoms with Crippen molar-refractivity contribution in [3.63, 3.8) is 0 Å². The largest absolute Gasteiger partial charge is 0.489 e. The Kier molecular flexibility index (Phi) is 15.5. The SMILES string of the molecule is CCCCCCCCCCOc1c(OC(C)=O)c(=O)oc2cc(O[C@@H]3O[C@H](COC(C)=O)[C@H](OC(C)=O)[C@H](OC(C)=O)[C@H]3OC(C)=O)ccc12. The second kappa shape index (κ2) is 19.5. The van der Waals surface area contributed by atoms with Gasteiger partial charge in [-0.25, -0.2) is 4.79 Å². The summed E-state index contributed by atoms with van der Waals surface area (Å²) in [5, 5.41) is 0.300. The van der Waals surface area contributed by atoms with E-state index in [1.807, 2.05) is 0 Å². The van der Waals surface area contributed by atoms with Crippen molar-refractivity contribution in [2.24, 2.45) is 0 Å². The molecule has 5 atom stereocenters. The van der Waals surface area contributed by atoms with E-state index < -0.39 is 78.5 Å². The van der Waals surface area contributed by atoms with Crippen molar-refractivity contribution < 1.29 is 66.3 Å². The van der Waals surface area contributed by atoms with Gasteiger partial charge < -0.3 is 42.3 Å². The average Bonchev–Trinajstić information content (AvgIpc) is 3.02. The lowest BCUT2D eigenvalue weighted by molar-refractivity contribution is -0.288. The Balaban J connectivity index is 1.93. The van der Waals surface area contributed by atoms with Crippen LogP contribution in [-0.2, 0) is 47.7 Å². The van der Waals surface area contributed by atoms with E-state index in [0.29, 0.717) is 11.8 Å². The molecule has 15 nitrogen and oxygen atoms in total. The number of hydrogen-bond donors (Lipinski definition) is 0. The van der Waals surface area contributed by atoms with Crippen LogP contribution in [0.1, 0.15) is 92.9 Å². The van der Waals surface area contributed by atoms with E-state index in [9.17, 15) is 28.8 Å². The zero-order valence-electron chi connectivity index (χ0n) is 29.3. The summed E-state index contributed by atoms with van der Waals surface area (Å²) >= 11 is 0. The highest BCUT2D eigenvalue weighted by Crippen LogP contribution is 2.37. The van der Waals surface area contributed by atoms with Gasteiger partial charge in [0.25, 0.3) is 5.75 Å². The van der Waals surface area contributed by atoms with E-state index in [4.69, 9.17) is 42.3 Å². The maximum Gasteiger partial charge on any atom is 0.383 e. The zero-order valence-corrected chi connectivity index (χ0v) is 29.3. The number of rotatable bonds is 18. The van der Waals surface area contributed by atoms with Crippen LogP contribution in [0.4, 0.5) is 0 Å². The van der Waals surface area contributed by atoms with Crippen LogP contribution in [0, 0.1) is 0 Å². The highest BCUT2D eigenvalue weighted by molar-refractivity contribution is 5.87. The molecule has 1 aromatic heterocycles. The first-order chi connectivity index (χ1) is 23.8. The first-order valence-electron chi connectivity index (χ1n) is 16.7. The number of carbonyl (C=O) groups excluding carboxylic acids is 5. The van der Waals surface area contributed by atoms with Gasteiger partial charge in [-0.2, -0.15) is 0 Å². The van der Waals surface area contributed by atoms with Crippen LogP contribution in [0.25, 0.3) is 11.0 Å². The molecule has 15 heteroatoms. The third-order valence-corrected chi connectivity index (χ3v) is 7.48. The van der Waals surface area contributed by atoms with E-state index in [-0.39, 0.29) is 23.7 Å². The number of hydrogen-bond acceptors (Lipinski definition) is 15. The van der Waals surface area contributed by atoms with Crippen molar-refractivity contribution in [3.8, 4) is 17.2 Å². The van der Waals surface area contributed by atoms with Crippen molar-refractivity contribution in [3.05, 3.63) is 28.6 Å². The molecule has 2 heterocycles. The van der Waals surface area contributed by atoms with Gasteiger partial charge in [0, 0.05) is 40.7 Å². The van der Waals surface area contributed by atoms with E-state index in [1.54, 1.807) is 0 Å². The van der Waals surface area contributed by atoms with Crippen molar-refractivity contribution in [1.29, 1.82) is 0 Å². The van der Waals surface area contributed by atoms with Crippen molar-refractivity contribution in [2.45, 2.75) is 124 Å². The smallest absolute Gasteiger partial charge is 0.383 e. The minimum absolute atomic E-state index is 0.0000366. The first-order valence-corrected chi connectivity index (χ1v) is 16.7. The topological polar surface area (TPSA) is 189 Å². The molecular weight excluding hydrogens is 660 g/mol. The van der Waals surface area contributed by atoms with Crippen LogP contribution < -0.4 is 19.8 Å². The number of ether oxygens (including phenoxy) is 8. The van der Waals surface area contributed by atoms with E-state index in [1.165, 1.54) is 43.9 Å². The lowest BCUT2D eigenvalue weighted by Crippen LogP contribution is -2.63. The summed E-state index contributed by atoms with van der Waals surface area (Å²) in [7, 11) is 0. The summed E-state index contributed by atoms with van der Waals surface area (Å²) in [4.78, 5) is 72.8. The second-order valence-corrected chi connectivity index (χ2v) is 11.8. The Labute approximate surface area is 289 Å². The van der Waals surface area contributed by atoms with Gasteiger partial charge in [0.2, 0.25) is 12.4 Å². The van der Waals surface area contributed by atoms with Gasteiger partial charge in [0.1, 0.15) is 24.0 Å². The van der Waals surface area contributed by atoms with Gasteiger partial charge in [0.15, 0.2) is 18.0 Å². The van der Waals surface area contributed by atoms with Gasteiger partial charge >= 0.3 is 35.5 Å². The quantitative estimate of drug-likeness (QED) is 0.0897. The summed E-state index contributed by atoms with van der Waals surface area (Å²) in [5.41, 5.74) is -0.969. The zero-order chi connectivity index (χ0) is 36.8. The van der Waals surface area contributed by atoms with Crippen molar-refractivity contribution in [2.75, 3.05) is 13.2 Å². The Bertz CT molecular complexity index is 1550. The normalized spacial score (nSPS) is 20.0. The average molecular weight is 707 g/mol. The van der Waals surface area contributed by atoms with Crippen LogP contribution in [0.3, 0.4) is 0 Å². The number of fused-ring (bicyclic) bond motifs is 1. The minimum Gasteiger partial charge on any atom is -0.489 e. The third kappa shape index (κ3) is 12.0. The highest BCUT2D eigenvalue weighted by atomic mass is 16.7. The second-order valence-electron chi connectivity index (χ2n) is 11.8. The molecule has 2 aromatic rings. The molecule has 0 aliphatic carbocycles. The van der Waals surface area contributed by atoms with Gasteiger partial charge in [-0.15, -0.1) is 0 Å². The number of benzene rings is 1. The van der Waals surface area contributed by atoms with Gasteiger partial charge in [-0.05, 0) is 18.6 Å². The standard InChI is InChI=1S/C35H46O15/c1-7-8-9-10-11-12-13-14-17-42-29-26-16-15-25(18-27(26)49-34(41)32(29)46-23(5)39)48-35-33(47-24(6)40)31(45-22(4)38)30(44-21(3)37)28(50-35)19-43-20(2)36/h15-16,18,28,30-31,33,35H,7-14,17,19H2,1-6H3/t28-,30+,31+,33-,35-/m1/s1. The Morgan fingerprint density at radius 3 is 1.90 bits per heavy atom. The Hall–Kier alpha value is -4.66. The van der Waals surface area contributed by atoms with Crippen LogP contribution in [0.15, 0.2) is 27.4 Å². The molecule has 0 N–H and O–H groups in total. The fraction of sp³-hybridized carbons (Fsp3) is 0.600. The van der Waals surface area contributed by atoms with Crippen molar-refractivity contribution >= 4 is 40.8 Å². The predicted molar refractivity (Wildman–Crippen MR) is 174 cm³/mol. The molecular formula is C35H46O15. The molecule has 1 aliphatic rings. The van der Waals surface area contributed by atoms with Gasteiger partial charge in [0.05, 0.1) is 12.0 Å². The molecule has 50 heavy (non-hydrogen) atoms. The highest BCUT2D eigenvalue weighted by Gasteiger charge is 2.53. The molecule has 1 aromatic carbocycles. The van der Waals surface area contributed by atoms with Crippen LogP contribution in [0.2, 0.25) is 0 Å². The lowest BCUT2D eigenvalue weighted by Gasteiger charge is -2.43. The summed E-state index contributed by atoms with van der Waals surface area (Å²) in [6.07, 6.45) is 1.55. The maximum absolute atomic E-state index is 13.0. The minimum atomic E-state index is -1.52. The van der Waals surface area contributed by atoms with Crippen LogP contribution in [-0.4, -0.2) is 73.8 Å². The summed E-state index contributed by atoms with van der Waals surface area (Å²) in [6, 6.07) is 4.32. The molecule has 1 saturated heterocycles. The van der Waals surface area contributed by atoms with E-state index in [0.717, 1.165) is 53.9 Å². The van der Waals surface area contributed by atoms with Crippen molar-refractivity contribution in [1.82, 2.24) is 0 Å². The molecule has 0 unspecified atom stereocenters. The molecule has 0 spiro atoms. The van der Waals surface area contributed by atoms with Crippen LogP contribution >= 0.6 is 0 Å². The Morgan fingerprint density at radius 1 is 0.700 bits per heavy atom. The van der Waals surface area contributed by atoms with E-state index in [2.05, 4.69) is 6.92 Å². The summed E-state index contributed by atoms with van der Waals surface area (Å²) in [6.45, 7) is 7.61. The maximum atomic E-state index is 13.0. The molecule has 0 radical (unpaired) electrons. The molecule has 1 aliphatic heterocycles. The van der Waals surface area contributed by atoms with E-state index >= 15 is 0 Å². The molecule has 0 bridgehead atoms. The molecule has 0 saturated carbocycles. The molecule has 276 valence electrons. The van der Waals surface area contributed by atoms with Gasteiger partial charge in [-0.1, -0.05) is 51.9 Å². The first kappa shape index (κ1) is 39.8. The number of esters is 5. The fourth-order valence-corrected chi connectivity index (χ4v) is 5.41. The number of carbonyl (C=O) groups is 5. The molecule has 3 rings (SSSR count). The van der Waals surface area contributed by atoms with Gasteiger partial charge in [-0.3, -0.25) is 24.0 Å². The predicted octanol–water partition coefficient (Wildman–Crippen LogP) is 4.70. The Morgan fingerprint density at radius 2 is 1.30 bits per heavy atom. The monoisotopic (exact) mass is 706 g/mol. The molecule has 0 amide bonds. The van der Waals surface area contributed by atoms with Crippen LogP contribution in [0.5, 0.6) is 17.2 Å². The molecule has 1 fully saturated rings. The summed E-state index contributed by atoms with van der Waals surface area (Å²) in [5.74, 6) is -4.12. The fourth-order valence-electron chi connectivity index (χ4n) is 5.41. The third-order valence-electron chi connectivity index (χ3n) is 7.48. The summed E-state index contributed by atoms with van der Waals surface area (Å²) < 4.78 is 50.0. The number of unbranched alkanes of at least 4 members (excludes halogenated alkanes) is 7. The lowest BCUT2D eigenvalue weighted by atomic mass is 9.98.